The molecule has 1 heterocycles. The molecule has 0 atom stereocenters. The van der Waals surface area contributed by atoms with E-state index in [9.17, 15) is 4.79 Å². The first-order valence-electron chi connectivity index (χ1n) is 10.7. The standard InChI is InChI=1S/C26H25N5O2S/c1-18-4-8-20(9-5-18)16-27-28-24(32)17-34-26-30-29-25(21-10-14-23(33-3)15-11-21)31(26)22-12-6-19(2)7-13-22/h4-16H,17H2,1-3H3,(H,28,32)/b27-16+. The molecule has 0 aliphatic rings. The minimum absolute atomic E-state index is 0.151. The fraction of sp³-hybridized carbons (Fsp3) is 0.154. The van der Waals surface area contributed by atoms with E-state index in [1.54, 1.807) is 13.3 Å². The van der Waals surface area contributed by atoms with Crippen molar-refractivity contribution in [1.29, 1.82) is 0 Å². The highest BCUT2D eigenvalue weighted by atomic mass is 32.2. The molecular weight excluding hydrogens is 446 g/mol. The molecule has 0 bridgehead atoms. The molecular formula is C26H25N5O2S. The number of amides is 1. The van der Waals surface area contributed by atoms with E-state index in [1.807, 2.05) is 91.2 Å². The summed E-state index contributed by atoms with van der Waals surface area (Å²) in [7, 11) is 1.63. The summed E-state index contributed by atoms with van der Waals surface area (Å²) in [5.74, 6) is 1.38. The van der Waals surface area contributed by atoms with Crippen LogP contribution in [0.15, 0.2) is 83.1 Å². The summed E-state index contributed by atoms with van der Waals surface area (Å²) in [6.07, 6.45) is 1.62. The lowest BCUT2D eigenvalue weighted by Crippen LogP contribution is -2.20. The Morgan fingerprint density at radius 2 is 1.62 bits per heavy atom. The zero-order valence-electron chi connectivity index (χ0n) is 19.2. The Morgan fingerprint density at radius 3 is 2.26 bits per heavy atom. The van der Waals surface area contributed by atoms with Crippen molar-refractivity contribution >= 4 is 23.9 Å². The van der Waals surface area contributed by atoms with E-state index < -0.39 is 0 Å². The number of thioether (sulfide) groups is 1. The SMILES string of the molecule is COc1ccc(-c2nnc(SCC(=O)N/N=C/c3ccc(C)cc3)n2-c2ccc(C)cc2)cc1. The topological polar surface area (TPSA) is 81.4 Å². The highest BCUT2D eigenvalue weighted by molar-refractivity contribution is 7.99. The number of rotatable bonds is 8. The van der Waals surface area contributed by atoms with E-state index in [-0.39, 0.29) is 11.7 Å². The summed E-state index contributed by atoms with van der Waals surface area (Å²) in [6.45, 7) is 4.06. The molecule has 172 valence electrons. The van der Waals surface area contributed by atoms with Crippen LogP contribution in [0.1, 0.15) is 16.7 Å². The van der Waals surface area contributed by atoms with Crippen molar-refractivity contribution in [3.05, 3.63) is 89.5 Å². The number of hydrogen-bond donors (Lipinski definition) is 1. The summed E-state index contributed by atoms with van der Waals surface area (Å²) in [5.41, 5.74) is 7.63. The fourth-order valence-corrected chi connectivity index (χ4v) is 3.96. The largest absolute Gasteiger partial charge is 0.497 e. The van der Waals surface area contributed by atoms with Gasteiger partial charge in [0.2, 0.25) is 0 Å². The van der Waals surface area contributed by atoms with Gasteiger partial charge in [-0.15, -0.1) is 10.2 Å². The molecule has 0 fully saturated rings. The number of nitrogens with zero attached hydrogens (tertiary/aromatic N) is 4. The molecule has 4 aromatic rings. The lowest BCUT2D eigenvalue weighted by Gasteiger charge is -2.11. The lowest BCUT2D eigenvalue weighted by molar-refractivity contribution is -0.118. The quantitative estimate of drug-likeness (QED) is 0.227. The highest BCUT2D eigenvalue weighted by Crippen LogP contribution is 2.29. The molecule has 0 saturated carbocycles. The van der Waals surface area contributed by atoms with Gasteiger partial charge < -0.3 is 4.74 Å². The number of ether oxygens (including phenoxy) is 1. The van der Waals surface area contributed by atoms with Gasteiger partial charge in [0, 0.05) is 11.3 Å². The van der Waals surface area contributed by atoms with Gasteiger partial charge in [-0.2, -0.15) is 5.10 Å². The van der Waals surface area contributed by atoms with Crippen LogP contribution in [-0.4, -0.2) is 39.7 Å². The van der Waals surface area contributed by atoms with E-state index in [0.29, 0.717) is 11.0 Å². The maximum atomic E-state index is 12.4. The minimum Gasteiger partial charge on any atom is -0.497 e. The number of carbonyl (C=O) groups is 1. The second-order valence-corrected chi connectivity index (χ2v) is 8.64. The summed E-state index contributed by atoms with van der Waals surface area (Å²) < 4.78 is 7.22. The molecule has 1 N–H and O–H groups in total. The lowest BCUT2D eigenvalue weighted by atomic mass is 10.2. The Bertz CT molecular complexity index is 1280. The molecule has 8 heteroatoms. The van der Waals surface area contributed by atoms with Gasteiger partial charge in [0.25, 0.3) is 5.91 Å². The second-order valence-electron chi connectivity index (χ2n) is 7.70. The number of aromatic nitrogens is 3. The fourth-order valence-electron chi connectivity index (χ4n) is 3.21. The molecule has 3 aromatic carbocycles. The van der Waals surface area contributed by atoms with Crippen molar-refractivity contribution in [2.75, 3.05) is 12.9 Å². The van der Waals surface area contributed by atoms with Gasteiger partial charge in [0.15, 0.2) is 11.0 Å². The average molecular weight is 472 g/mol. The Hall–Kier alpha value is -3.91. The molecule has 0 aliphatic carbocycles. The first-order valence-corrected chi connectivity index (χ1v) is 11.7. The zero-order chi connectivity index (χ0) is 23.9. The third-order valence-electron chi connectivity index (χ3n) is 5.09. The molecule has 7 nitrogen and oxygen atoms in total. The van der Waals surface area contributed by atoms with E-state index in [4.69, 9.17) is 4.74 Å². The van der Waals surface area contributed by atoms with Gasteiger partial charge in [0.1, 0.15) is 5.75 Å². The molecule has 34 heavy (non-hydrogen) atoms. The van der Waals surface area contributed by atoms with Gasteiger partial charge in [0.05, 0.1) is 19.1 Å². The third-order valence-corrected chi connectivity index (χ3v) is 6.02. The Balaban J connectivity index is 1.51. The first kappa shape index (κ1) is 23.3. The normalized spacial score (nSPS) is 11.0. The highest BCUT2D eigenvalue weighted by Gasteiger charge is 2.17. The number of benzene rings is 3. The van der Waals surface area contributed by atoms with Crippen LogP contribution in [0.4, 0.5) is 0 Å². The minimum atomic E-state index is -0.224. The monoisotopic (exact) mass is 471 g/mol. The van der Waals surface area contributed by atoms with Crippen molar-refractivity contribution in [2.24, 2.45) is 5.10 Å². The van der Waals surface area contributed by atoms with Crippen molar-refractivity contribution in [3.63, 3.8) is 0 Å². The van der Waals surface area contributed by atoms with Crippen molar-refractivity contribution < 1.29 is 9.53 Å². The van der Waals surface area contributed by atoms with Gasteiger partial charge in [-0.1, -0.05) is 59.3 Å². The summed E-state index contributed by atoms with van der Waals surface area (Å²) in [5, 5.41) is 13.5. The van der Waals surface area contributed by atoms with Gasteiger partial charge in [-0.3, -0.25) is 9.36 Å². The number of nitrogens with one attached hydrogen (secondary N) is 1. The van der Waals surface area contributed by atoms with Crippen molar-refractivity contribution in [2.45, 2.75) is 19.0 Å². The van der Waals surface area contributed by atoms with Crippen LogP contribution in [0.25, 0.3) is 17.1 Å². The molecule has 1 amide bonds. The number of carbonyl (C=O) groups excluding carboxylic acids is 1. The van der Waals surface area contributed by atoms with Crippen LogP contribution in [0.2, 0.25) is 0 Å². The van der Waals surface area contributed by atoms with Crippen LogP contribution in [0.3, 0.4) is 0 Å². The van der Waals surface area contributed by atoms with Crippen LogP contribution in [-0.2, 0) is 4.79 Å². The molecule has 0 radical (unpaired) electrons. The van der Waals surface area contributed by atoms with E-state index in [0.717, 1.165) is 28.1 Å². The number of aryl methyl sites for hydroxylation is 2. The summed E-state index contributed by atoms with van der Waals surface area (Å²) in [4.78, 5) is 12.4. The zero-order valence-corrected chi connectivity index (χ0v) is 20.0. The predicted octanol–water partition coefficient (Wildman–Crippen LogP) is 4.80. The van der Waals surface area contributed by atoms with Gasteiger partial charge in [-0.05, 0) is 55.8 Å². The number of methoxy groups -OCH3 is 1. The number of hydrazone groups is 1. The molecule has 0 spiro atoms. The Morgan fingerprint density at radius 1 is 0.971 bits per heavy atom. The third kappa shape index (κ3) is 5.71. The maximum Gasteiger partial charge on any atom is 0.250 e. The van der Waals surface area contributed by atoms with Crippen LogP contribution in [0, 0.1) is 13.8 Å². The Kier molecular flexibility index (Phi) is 7.39. The average Bonchev–Trinajstić information content (AvgIpc) is 3.28. The maximum absolute atomic E-state index is 12.4. The van der Waals surface area contributed by atoms with E-state index in [1.165, 1.54) is 17.3 Å². The smallest absolute Gasteiger partial charge is 0.250 e. The first-order chi connectivity index (χ1) is 16.5. The summed E-state index contributed by atoms with van der Waals surface area (Å²) in [6, 6.07) is 23.6. The van der Waals surface area contributed by atoms with Crippen molar-refractivity contribution in [3.8, 4) is 22.8 Å². The van der Waals surface area contributed by atoms with Crippen LogP contribution < -0.4 is 10.2 Å². The van der Waals surface area contributed by atoms with Crippen LogP contribution in [0.5, 0.6) is 5.75 Å². The van der Waals surface area contributed by atoms with Gasteiger partial charge in [-0.25, -0.2) is 5.43 Å². The number of hydrogen-bond acceptors (Lipinski definition) is 6. The molecule has 0 aliphatic heterocycles. The molecule has 0 unspecified atom stereocenters. The Labute approximate surface area is 202 Å². The van der Waals surface area contributed by atoms with E-state index in [2.05, 4.69) is 20.7 Å². The second kappa shape index (κ2) is 10.8. The van der Waals surface area contributed by atoms with E-state index >= 15 is 0 Å². The van der Waals surface area contributed by atoms with Crippen molar-refractivity contribution in [1.82, 2.24) is 20.2 Å². The van der Waals surface area contributed by atoms with Crippen LogP contribution >= 0.6 is 11.8 Å². The molecule has 0 saturated heterocycles. The van der Waals surface area contributed by atoms with Gasteiger partial charge >= 0.3 is 0 Å². The summed E-state index contributed by atoms with van der Waals surface area (Å²) >= 11 is 1.30. The molecule has 1 aromatic heterocycles. The molecule has 4 rings (SSSR count). The predicted molar refractivity (Wildman–Crippen MR) is 136 cm³/mol.